The van der Waals surface area contributed by atoms with Crippen LogP contribution in [-0.2, 0) is 15.5 Å². The second-order valence-corrected chi connectivity index (χ2v) is 10.9. The van der Waals surface area contributed by atoms with Gasteiger partial charge in [-0.2, -0.15) is 9.65 Å². The number of carbonyl (C=O) groups excluding carboxylic acids is 1. The highest BCUT2D eigenvalue weighted by Gasteiger charge is 2.26. The number of rotatable bonds is 9. The van der Waals surface area contributed by atoms with Gasteiger partial charge >= 0.3 is 5.97 Å². The van der Waals surface area contributed by atoms with Crippen LogP contribution in [0.5, 0.6) is 28.9 Å². The molecule has 5 rings (SSSR count). The van der Waals surface area contributed by atoms with E-state index < -0.39 is 45.8 Å². The Morgan fingerprint density at radius 3 is 2.62 bits per heavy atom. The number of likely N-dealkylation sites (N-methyl/N-ethyl adjacent to an activating group) is 1. The molecule has 0 saturated carbocycles. The summed E-state index contributed by atoms with van der Waals surface area (Å²) in [6.45, 7) is 2.78. The van der Waals surface area contributed by atoms with Crippen molar-refractivity contribution in [2.24, 2.45) is 4.99 Å². The molecule has 0 amide bonds. The summed E-state index contributed by atoms with van der Waals surface area (Å²) in [5.74, 6) is -5.02. The number of phenolic OH excluding ortho intramolecular Hbond substituents is 1. The SMILES string of the molecule is CCOC(=O)c1cnc(S(=O)c2ccc(Oc3c(F)cnc(Oc4cc(C#N)ccc4O)c3F)c(C3=NCCN3C)c2)cc1N. The lowest BCUT2D eigenvalue weighted by molar-refractivity contribution is 0.0527. The van der Waals surface area contributed by atoms with Gasteiger partial charge in [0.05, 0.1) is 42.2 Å². The van der Waals surface area contributed by atoms with Crippen LogP contribution in [0.25, 0.3) is 0 Å². The van der Waals surface area contributed by atoms with Crippen LogP contribution in [0.1, 0.15) is 28.4 Å². The molecule has 0 spiro atoms. The number of aromatic hydroxyl groups is 1. The first-order chi connectivity index (χ1) is 21.6. The third-order valence-electron chi connectivity index (χ3n) is 6.47. The largest absolute Gasteiger partial charge is 0.504 e. The maximum absolute atomic E-state index is 15.6. The van der Waals surface area contributed by atoms with Gasteiger partial charge in [-0.25, -0.2) is 23.4 Å². The molecule has 0 bridgehead atoms. The van der Waals surface area contributed by atoms with Crippen LogP contribution in [0, 0.1) is 23.0 Å². The van der Waals surface area contributed by atoms with Gasteiger partial charge in [0, 0.05) is 30.8 Å². The molecule has 1 aliphatic heterocycles. The van der Waals surface area contributed by atoms with Crippen LogP contribution in [0.4, 0.5) is 14.5 Å². The van der Waals surface area contributed by atoms with E-state index in [0.29, 0.717) is 25.1 Å². The molecule has 1 atom stereocenters. The number of nitriles is 1. The molecule has 3 heterocycles. The molecule has 0 radical (unpaired) electrons. The summed E-state index contributed by atoms with van der Waals surface area (Å²) in [4.78, 5) is 26.3. The Kier molecular flexibility index (Phi) is 8.86. The fourth-order valence-corrected chi connectivity index (χ4v) is 5.28. The molecule has 4 aromatic rings. The van der Waals surface area contributed by atoms with Crippen molar-refractivity contribution < 1.29 is 37.1 Å². The monoisotopic (exact) mass is 634 g/mol. The molecule has 1 unspecified atom stereocenters. The molecule has 15 heteroatoms. The average molecular weight is 635 g/mol. The summed E-state index contributed by atoms with van der Waals surface area (Å²) in [5.41, 5.74) is 6.46. The standard InChI is InChI=1S/C30H24F2N6O6S/c1-3-42-30(40)19-14-36-25(12-21(19)34)45(41)17-5-7-23(18(11-17)28-35-8-9-38(28)2)43-27-20(31)15-37-29(26(27)32)44-24-10-16(13-33)4-6-22(24)39/h4-7,10-12,14-15,39H,3,8-9H2,1-2H3,(H2,34,36). The Balaban J connectivity index is 1.51. The van der Waals surface area contributed by atoms with E-state index in [2.05, 4.69) is 15.0 Å². The maximum atomic E-state index is 15.6. The number of pyridine rings is 2. The highest BCUT2D eigenvalue weighted by Crippen LogP contribution is 2.38. The van der Waals surface area contributed by atoms with Crippen LogP contribution in [0.2, 0.25) is 0 Å². The van der Waals surface area contributed by atoms with Gasteiger partial charge in [-0.1, -0.05) is 0 Å². The maximum Gasteiger partial charge on any atom is 0.341 e. The number of aromatic nitrogens is 2. The van der Waals surface area contributed by atoms with Gasteiger partial charge in [0.25, 0.3) is 5.88 Å². The van der Waals surface area contributed by atoms with Gasteiger partial charge < -0.3 is 30.0 Å². The Bertz CT molecular complexity index is 1920. The first kappa shape index (κ1) is 30.8. The number of nitrogens with zero attached hydrogens (tertiary/aromatic N) is 5. The van der Waals surface area contributed by atoms with Gasteiger partial charge in [0.2, 0.25) is 11.6 Å². The fraction of sp³-hybridized carbons (Fsp3) is 0.167. The van der Waals surface area contributed by atoms with Crippen LogP contribution in [0.15, 0.2) is 69.8 Å². The van der Waals surface area contributed by atoms with Crippen LogP contribution in [-0.4, -0.2) is 62.7 Å². The van der Waals surface area contributed by atoms with Crippen molar-refractivity contribution >= 4 is 28.3 Å². The lowest BCUT2D eigenvalue weighted by atomic mass is 10.1. The van der Waals surface area contributed by atoms with Gasteiger partial charge in [-0.15, -0.1) is 0 Å². The van der Waals surface area contributed by atoms with Gasteiger partial charge in [-0.3, -0.25) is 4.99 Å². The van der Waals surface area contributed by atoms with Gasteiger partial charge in [0.15, 0.2) is 17.3 Å². The highest BCUT2D eigenvalue weighted by molar-refractivity contribution is 7.85. The number of anilines is 1. The second kappa shape index (κ2) is 12.9. The molecule has 2 aromatic carbocycles. The van der Waals surface area contributed by atoms with E-state index >= 15 is 4.39 Å². The highest BCUT2D eigenvalue weighted by atomic mass is 32.2. The molecule has 0 fully saturated rings. The Labute approximate surface area is 257 Å². The average Bonchev–Trinajstić information content (AvgIpc) is 3.46. The minimum atomic E-state index is -1.90. The first-order valence-electron chi connectivity index (χ1n) is 13.3. The molecular formula is C30H24F2N6O6S. The molecule has 0 saturated heterocycles. The number of ether oxygens (including phenoxy) is 3. The summed E-state index contributed by atoms with van der Waals surface area (Å²) in [7, 11) is -0.135. The zero-order valence-electron chi connectivity index (χ0n) is 23.8. The number of phenols is 1. The molecule has 230 valence electrons. The predicted molar refractivity (Wildman–Crippen MR) is 157 cm³/mol. The fourth-order valence-electron chi connectivity index (χ4n) is 4.24. The number of halogens is 2. The van der Waals surface area contributed by atoms with Gasteiger partial charge in [0.1, 0.15) is 33.0 Å². The third-order valence-corrected chi connectivity index (χ3v) is 7.75. The van der Waals surface area contributed by atoms with E-state index in [1.54, 1.807) is 18.9 Å². The van der Waals surface area contributed by atoms with Gasteiger partial charge in [-0.05, 0) is 43.3 Å². The molecule has 0 aliphatic carbocycles. The van der Waals surface area contributed by atoms with Crippen molar-refractivity contribution in [3.63, 3.8) is 0 Å². The number of esters is 1. The zero-order chi connectivity index (χ0) is 32.2. The van der Waals surface area contributed by atoms with E-state index in [0.717, 1.165) is 6.07 Å². The Hall–Kier alpha value is -5.62. The number of nitrogen functional groups attached to an aromatic ring is 1. The molecule has 3 N–H and O–H groups in total. The molecular weight excluding hydrogens is 610 g/mol. The topological polar surface area (TPSA) is 173 Å². The van der Waals surface area contributed by atoms with E-state index in [9.17, 15) is 18.5 Å². The first-order valence-corrected chi connectivity index (χ1v) is 14.4. The van der Waals surface area contributed by atoms with Crippen molar-refractivity contribution in [1.29, 1.82) is 5.26 Å². The number of amidine groups is 1. The Morgan fingerprint density at radius 1 is 1.13 bits per heavy atom. The van der Waals surface area contributed by atoms with Crippen molar-refractivity contribution in [1.82, 2.24) is 14.9 Å². The van der Waals surface area contributed by atoms with E-state index in [4.69, 9.17) is 25.2 Å². The third kappa shape index (κ3) is 6.36. The minimum Gasteiger partial charge on any atom is -0.504 e. The van der Waals surface area contributed by atoms with Crippen molar-refractivity contribution in [3.8, 4) is 34.9 Å². The summed E-state index contributed by atoms with van der Waals surface area (Å²) < 4.78 is 60.1. The van der Waals surface area contributed by atoms with E-state index in [1.165, 1.54) is 42.6 Å². The number of hydrogen-bond acceptors (Lipinski definition) is 12. The van der Waals surface area contributed by atoms with Crippen molar-refractivity contribution in [2.45, 2.75) is 16.8 Å². The summed E-state index contributed by atoms with van der Waals surface area (Å²) in [6.07, 6.45) is 1.86. The summed E-state index contributed by atoms with van der Waals surface area (Å²) in [5, 5.41) is 19.3. The van der Waals surface area contributed by atoms with Crippen LogP contribution >= 0.6 is 0 Å². The number of hydrogen-bond donors (Lipinski definition) is 2. The lowest BCUT2D eigenvalue weighted by Crippen LogP contribution is -2.24. The Morgan fingerprint density at radius 2 is 1.93 bits per heavy atom. The quantitative estimate of drug-likeness (QED) is 0.248. The summed E-state index contributed by atoms with van der Waals surface area (Å²) >= 11 is 0. The van der Waals surface area contributed by atoms with E-state index in [1.807, 2.05) is 6.07 Å². The smallest absolute Gasteiger partial charge is 0.341 e. The van der Waals surface area contributed by atoms with Crippen LogP contribution < -0.4 is 15.2 Å². The minimum absolute atomic E-state index is 0.0289. The molecule has 12 nitrogen and oxygen atoms in total. The van der Waals surface area contributed by atoms with Crippen molar-refractivity contribution in [3.05, 3.63) is 83.2 Å². The number of nitrogens with two attached hydrogens (primary N) is 1. The molecule has 1 aliphatic rings. The molecule has 45 heavy (non-hydrogen) atoms. The second-order valence-electron chi connectivity index (χ2n) is 9.44. The summed E-state index contributed by atoms with van der Waals surface area (Å²) in [6, 6.07) is 11.1. The number of carbonyl (C=O) groups is 1. The lowest BCUT2D eigenvalue weighted by Gasteiger charge is -2.19. The van der Waals surface area contributed by atoms with Crippen LogP contribution in [0.3, 0.4) is 0 Å². The molecule has 2 aromatic heterocycles. The predicted octanol–water partition coefficient (Wildman–Crippen LogP) is 4.53. The normalized spacial score (nSPS) is 13.1. The zero-order valence-corrected chi connectivity index (χ0v) is 24.6. The van der Waals surface area contributed by atoms with Crippen molar-refractivity contribution in [2.75, 3.05) is 32.5 Å². The number of benzene rings is 2. The van der Waals surface area contributed by atoms with E-state index in [-0.39, 0.29) is 50.4 Å². The number of aliphatic imine (C=N–C) groups is 1.